The second-order valence-corrected chi connectivity index (χ2v) is 8.36. The highest BCUT2D eigenvalue weighted by Crippen LogP contribution is 2.22. The van der Waals surface area contributed by atoms with Crippen LogP contribution in [-0.4, -0.2) is 82.5 Å². The second kappa shape index (κ2) is 7.91. The van der Waals surface area contributed by atoms with Crippen LogP contribution >= 0.6 is 11.8 Å². The number of piperidine rings is 1. The van der Waals surface area contributed by atoms with Gasteiger partial charge in [0.15, 0.2) is 0 Å². The van der Waals surface area contributed by atoms with E-state index in [0.717, 1.165) is 45.0 Å². The predicted octanol–water partition coefficient (Wildman–Crippen LogP) is 1.73. The van der Waals surface area contributed by atoms with E-state index >= 15 is 0 Å². The molecule has 0 radical (unpaired) electrons. The fourth-order valence-electron chi connectivity index (χ4n) is 4.07. The van der Waals surface area contributed by atoms with Crippen molar-refractivity contribution in [3.05, 3.63) is 18.0 Å². The lowest BCUT2D eigenvalue weighted by molar-refractivity contribution is 0.0630. The molecule has 25 heavy (non-hydrogen) atoms. The van der Waals surface area contributed by atoms with Gasteiger partial charge >= 0.3 is 0 Å². The maximum absolute atomic E-state index is 12.7. The van der Waals surface area contributed by atoms with Crippen LogP contribution in [0.5, 0.6) is 0 Å². The lowest BCUT2D eigenvalue weighted by Gasteiger charge is -2.40. The van der Waals surface area contributed by atoms with Gasteiger partial charge in [-0.15, -0.1) is 0 Å². The molecule has 0 N–H and O–H groups in total. The van der Waals surface area contributed by atoms with Gasteiger partial charge < -0.3 is 9.80 Å². The Kier molecular flexibility index (Phi) is 5.41. The largest absolute Gasteiger partial charge is 0.341 e. The normalized spacial score (nSPS) is 23.2. The van der Waals surface area contributed by atoms with Gasteiger partial charge in [0.1, 0.15) is 0 Å². The highest BCUT2D eigenvalue weighted by Gasteiger charge is 2.28. The van der Waals surface area contributed by atoms with Gasteiger partial charge in [0.25, 0.3) is 5.91 Å². The van der Waals surface area contributed by atoms with Crippen LogP contribution in [0.4, 0.5) is 5.95 Å². The summed E-state index contributed by atoms with van der Waals surface area (Å²) >= 11 is 2.05. The van der Waals surface area contributed by atoms with Crippen LogP contribution in [0.2, 0.25) is 0 Å². The fourth-order valence-corrected chi connectivity index (χ4v) is 5.00. The zero-order valence-electron chi connectivity index (χ0n) is 14.8. The molecule has 0 spiro atoms. The molecule has 0 bridgehead atoms. The van der Waals surface area contributed by atoms with E-state index in [0.29, 0.717) is 11.6 Å². The molecule has 1 aromatic heterocycles. The van der Waals surface area contributed by atoms with Crippen LogP contribution in [-0.2, 0) is 0 Å². The highest BCUT2D eigenvalue weighted by atomic mass is 32.2. The third kappa shape index (κ3) is 3.92. The van der Waals surface area contributed by atoms with Crippen molar-refractivity contribution in [2.45, 2.75) is 31.7 Å². The molecule has 3 saturated heterocycles. The van der Waals surface area contributed by atoms with Gasteiger partial charge in [-0.3, -0.25) is 9.69 Å². The molecule has 0 aromatic carbocycles. The van der Waals surface area contributed by atoms with Crippen LogP contribution in [0.25, 0.3) is 0 Å². The van der Waals surface area contributed by atoms with E-state index < -0.39 is 0 Å². The number of anilines is 1. The number of thioether (sulfide) groups is 1. The Morgan fingerprint density at radius 2 is 1.60 bits per heavy atom. The van der Waals surface area contributed by atoms with E-state index in [1.165, 1.54) is 37.4 Å². The average Bonchev–Trinajstić information content (AvgIpc) is 3.23. The molecule has 4 heterocycles. The maximum Gasteiger partial charge on any atom is 0.256 e. The molecule has 3 aliphatic rings. The van der Waals surface area contributed by atoms with Crippen molar-refractivity contribution < 1.29 is 4.79 Å². The summed E-state index contributed by atoms with van der Waals surface area (Å²) in [5.41, 5.74) is 0.621. The molecule has 3 aliphatic heterocycles. The number of rotatable bonds is 3. The van der Waals surface area contributed by atoms with Crippen molar-refractivity contribution in [3.8, 4) is 0 Å². The second-order valence-electron chi connectivity index (χ2n) is 7.14. The predicted molar refractivity (Wildman–Crippen MR) is 101 cm³/mol. The standard InChI is InChI=1S/C18H27N5OS/c24-17(15-13-19-18(20-14-15)23-5-1-2-6-23)22-7-3-16(4-8-22)21-9-11-25-12-10-21/h13-14,16H,1-12H2. The SMILES string of the molecule is O=C(c1cnc(N2CCCC2)nc1)N1CCC(N2CCSCC2)CC1. The van der Waals surface area contributed by atoms with Crippen molar-refractivity contribution >= 4 is 23.6 Å². The zero-order valence-corrected chi connectivity index (χ0v) is 15.6. The van der Waals surface area contributed by atoms with Gasteiger partial charge in [0.05, 0.1) is 5.56 Å². The number of carbonyl (C=O) groups excluding carboxylic acids is 1. The lowest BCUT2D eigenvalue weighted by Crippen LogP contribution is -2.49. The molecule has 3 fully saturated rings. The van der Waals surface area contributed by atoms with Gasteiger partial charge in [0.2, 0.25) is 5.95 Å². The number of aromatic nitrogens is 2. The third-order valence-corrected chi connectivity index (χ3v) is 6.53. The average molecular weight is 362 g/mol. The Bertz CT molecular complexity index is 576. The van der Waals surface area contributed by atoms with E-state index in [1.807, 2.05) is 4.90 Å². The highest BCUT2D eigenvalue weighted by molar-refractivity contribution is 7.99. The minimum Gasteiger partial charge on any atom is -0.341 e. The summed E-state index contributed by atoms with van der Waals surface area (Å²) in [4.78, 5) is 28.4. The summed E-state index contributed by atoms with van der Waals surface area (Å²) in [5, 5.41) is 0. The molecular formula is C18H27N5OS. The van der Waals surface area contributed by atoms with Crippen LogP contribution in [0, 0.1) is 0 Å². The smallest absolute Gasteiger partial charge is 0.256 e. The molecule has 0 aliphatic carbocycles. The number of hydrogen-bond acceptors (Lipinski definition) is 6. The first kappa shape index (κ1) is 17.1. The Balaban J connectivity index is 1.32. The Labute approximate surface area is 154 Å². The number of carbonyl (C=O) groups is 1. The van der Waals surface area contributed by atoms with E-state index in [2.05, 4.69) is 31.5 Å². The summed E-state index contributed by atoms with van der Waals surface area (Å²) in [6, 6.07) is 0.652. The first-order valence-corrected chi connectivity index (χ1v) is 10.6. The number of hydrogen-bond donors (Lipinski definition) is 0. The van der Waals surface area contributed by atoms with Gasteiger partial charge in [-0.2, -0.15) is 11.8 Å². The van der Waals surface area contributed by atoms with Gasteiger partial charge in [-0.1, -0.05) is 0 Å². The van der Waals surface area contributed by atoms with Crippen molar-refractivity contribution in [2.24, 2.45) is 0 Å². The van der Waals surface area contributed by atoms with Crippen molar-refractivity contribution in [1.82, 2.24) is 19.8 Å². The van der Waals surface area contributed by atoms with Crippen LogP contribution in [0.3, 0.4) is 0 Å². The first-order valence-electron chi connectivity index (χ1n) is 9.49. The van der Waals surface area contributed by atoms with E-state index in [4.69, 9.17) is 0 Å². The molecule has 0 atom stereocenters. The molecule has 0 unspecified atom stereocenters. The Morgan fingerprint density at radius 3 is 2.24 bits per heavy atom. The number of amides is 1. The topological polar surface area (TPSA) is 52.6 Å². The van der Waals surface area contributed by atoms with Crippen molar-refractivity contribution in [2.75, 3.05) is 55.7 Å². The zero-order chi connectivity index (χ0) is 17.1. The fraction of sp³-hybridized carbons (Fsp3) is 0.722. The monoisotopic (exact) mass is 361 g/mol. The van der Waals surface area contributed by atoms with E-state index in [-0.39, 0.29) is 5.91 Å². The van der Waals surface area contributed by atoms with E-state index in [1.54, 1.807) is 12.4 Å². The third-order valence-electron chi connectivity index (χ3n) is 5.59. The van der Waals surface area contributed by atoms with Gasteiger partial charge in [0, 0.05) is 69.2 Å². The molecule has 6 nitrogen and oxygen atoms in total. The summed E-state index contributed by atoms with van der Waals surface area (Å²) in [5.74, 6) is 3.34. The summed E-state index contributed by atoms with van der Waals surface area (Å²) < 4.78 is 0. The van der Waals surface area contributed by atoms with Crippen molar-refractivity contribution in [1.29, 1.82) is 0 Å². The van der Waals surface area contributed by atoms with E-state index in [9.17, 15) is 4.79 Å². The van der Waals surface area contributed by atoms with Crippen molar-refractivity contribution in [3.63, 3.8) is 0 Å². The van der Waals surface area contributed by atoms with Crippen LogP contribution < -0.4 is 4.90 Å². The Hall–Kier alpha value is -1.34. The molecule has 1 amide bonds. The van der Waals surface area contributed by atoms with Crippen LogP contribution in [0.1, 0.15) is 36.0 Å². The number of likely N-dealkylation sites (tertiary alicyclic amines) is 1. The summed E-state index contributed by atoms with van der Waals surface area (Å²) in [6.07, 6.45) is 7.99. The lowest BCUT2D eigenvalue weighted by atomic mass is 10.0. The molecule has 7 heteroatoms. The molecule has 4 rings (SSSR count). The Morgan fingerprint density at radius 1 is 0.960 bits per heavy atom. The molecule has 1 aromatic rings. The first-order chi connectivity index (χ1) is 12.3. The summed E-state index contributed by atoms with van der Waals surface area (Å²) in [7, 11) is 0. The number of nitrogens with zero attached hydrogens (tertiary/aromatic N) is 5. The summed E-state index contributed by atoms with van der Waals surface area (Å²) in [6.45, 7) is 6.15. The quantitative estimate of drug-likeness (QED) is 0.817. The maximum atomic E-state index is 12.7. The minimum absolute atomic E-state index is 0.0839. The molecule has 136 valence electrons. The van der Waals surface area contributed by atoms with Gasteiger partial charge in [-0.25, -0.2) is 9.97 Å². The van der Waals surface area contributed by atoms with Crippen LogP contribution in [0.15, 0.2) is 12.4 Å². The minimum atomic E-state index is 0.0839. The molecular weight excluding hydrogens is 334 g/mol. The molecule has 0 saturated carbocycles. The van der Waals surface area contributed by atoms with Gasteiger partial charge in [-0.05, 0) is 25.7 Å².